The summed E-state index contributed by atoms with van der Waals surface area (Å²) < 4.78 is 0. The molecule has 1 aromatic rings. The van der Waals surface area contributed by atoms with E-state index < -0.39 is 0 Å². The molecule has 0 saturated carbocycles. The fourth-order valence-corrected chi connectivity index (χ4v) is 2.00. The zero-order valence-corrected chi connectivity index (χ0v) is 11.2. The van der Waals surface area contributed by atoms with Gasteiger partial charge in [-0.3, -0.25) is 0 Å². The minimum absolute atomic E-state index is 0. The summed E-state index contributed by atoms with van der Waals surface area (Å²) in [4.78, 5) is 4.77. The van der Waals surface area contributed by atoms with E-state index >= 15 is 0 Å². The van der Waals surface area contributed by atoms with Crippen LogP contribution in [0.3, 0.4) is 0 Å². The first-order valence-corrected chi connectivity index (χ1v) is 5.38. The van der Waals surface area contributed by atoms with Gasteiger partial charge in [-0.15, -0.1) is 17.0 Å². The Kier molecular flexibility index (Phi) is 4.45. The monoisotopic (exact) mass is 270 g/mol. The molecule has 15 heavy (non-hydrogen) atoms. The highest BCUT2D eigenvalue weighted by Crippen LogP contribution is 2.34. The molecule has 0 amide bonds. The normalized spacial score (nSPS) is 13.7. The standard InChI is InChI=1S/C12H18N2.BrH/c1-3-4-9-14-10-13(2)11-7-5-6-8-12(11)14;/h5-8H,3-4,9-10H2,1-2H3;1H. The molecule has 0 radical (unpaired) electrons. The number of fused-ring (bicyclic) bond motifs is 1. The Hall–Kier alpha value is -0.700. The summed E-state index contributed by atoms with van der Waals surface area (Å²) in [5.41, 5.74) is 2.76. The van der Waals surface area contributed by atoms with Gasteiger partial charge in [0.2, 0.25) is 0 Å². The van der Waals surface area contributed by atoms with Crippen molar-refractivity contribution in [1.82, 2.24) is 0 Å². The molecule has 0 spiro atoms. The van der Waals surface area contributed by atoms with E-state index in [2.05, 4.69) is 48.0 Å². The van der Waals surface area contributed by atoms with Gasteiger partial charge in [-0.1, -0.05) is 25.5 Å². The largest absolute Gasteiger partial charge is 0.355 e. The number of para-hydroxylation sites is 2. The Morgan fingerprint density at radius 2 is 1.87 bits per heavy atom. The van der Waals surface area contributed by atoms with Crippen LogP contribution >= 0.6 is 17.0 Å². The molecule has 0 fully saturated rings. The van der Waals surface area contributed by atoms with Gasteiger partial charge in [0.1, 0.15) is 0 Å². The highest BCUT2D eigenvalue weighted by atomic mass is 79.9. The van der Waals surface area contributed by atoms with E-state index in [0.29, 0.717) is 0 Å². The number of hydrogen-bond acceptors (Lipinski definition) is 2. The predicted octanol–water partition coefficient (Wildman–Crippen LogP) is 3.28. The molecule has 0 aromatic heterocycles. The van der Waals surface area contributed by atoms with Crippen LogP contribution in [0, 0.1) is 0 Å². The number of unbranched alkanes of at least 4 members (excludes halogenated alkanes) is 1. The maximum Gasteiger partial charge on any atom is 0.0901 e. The highest BCUT2D eigenvalue weighted by molar-refractivity contribution is 8.93. The molecule has 1 aliphatic rings. The minimum Gasteiger partial charge on any atom is -0.355 e. The van der Waals surface area contributed by atoms with Crippen LogP contribution in [-0.4, -0.2) is 20.3 Å². The molecule has 0 aliphatic carbocycles. The molecule has 3 heteroatoms. The van der Waals surface area contributed by atoms with Crippen molar-refractivity contribution in [3.8, 4) is 0 Å². The predicted molar refractivity (Wildman–Crippen MR) is 72.3 cm³/mol. The smallest absolute Gasteiger partial charge is 0.0901 e. The van der Waals surface area contributed by atoms with Crippen LogP contribution in [0.1, 0.15) is 19.8 Å². The van der Waals surface area contributed by atoms with E-state index in [9.17, 15) is 0 Å². The fraction of sp³-hybridized carbons (Fsp3) is 0.500. The summed E-state index contributed by atoms with van der Waals surface area (Å²) in [6, 6.07) is 8.64. The lowest BCUT2D eigenvalue weighted by atomic mass is 10.2. The second-order valence-corrected chi connectivity index (χ2v) is 3.95. The summed E-state index contributed by atoms with van der Waals surface area (Å²) in [5, 5.41) is 0. The lowest BCUT2D eigenvalue weighted by molar-refractivity contribution is 0.730. The van der Waals surface area contributed by atoms with Gasteiger partial charge in [0.15, 0.2) is 0 Å². The third-order valence-corrected chi connectivity index (χ3v) is 2.80. The Labute approximate surface area is 103 Å². The van der Waals surface area contributed by atoms with Gasteiger partial charge in [-0.05, 0) is 18.6 Å². The first-order chi connectivity index (χ1) is 6.83. The van der Waals surface area contributed by atoms with E-state index in [1.54, 1.807) is 0 Å². The maximum absolute atomic E-state index is 2.46. The first-order valence-electron chi connectivity index (χ1n) is 5.38. The third-order valence-electron chi connectivity index (χ3n) is 2.80. The van der Waals surface area contributed by atoms with Crippen LogP contribution in [0.2, 0.25) is 0 Å². The maximum atomic E-state index is 2.46. The Balaban J connectivity index is 0.00000112. The third kappa shape index (κ3) is 2.46. The Morgan fingerprint density at radius 1 is 1.20 bits per heavy atom. The van der Waals surface area contributed by atoms with Crippen LogP contribution < -0.4 is 9.80 Å². The molecule has 0 N–H and O–H groups in total. The molecule has 1 aromatic carbocycles. The molecule has 0 saturated heterocycles. The highest BCUT2D eigenvalue weighted by Gasteiger charge is 2.21. The minimum atomic E-state index is 0. The molecule has 0 atom stereocenters. The fourth-order valence-electron chi connectivity index (χ4n) is 2.00. The SMILES string of the molecule is Br.CCCCN1CN(C)c2ccccc21. The first kappa shape index (κ1) is 12.4. The average Bonchev–Trinajstić information content (AvgIpc) is 2.54. The van der Waals surface area contributed by atoms with Crippen molar-refractivity contribution in [3.05, 3.63) is 24.3 Å². The van der Waals surface area contributed by atoms with Crippen molar-refractivity contribution in [2.75, 3.05) is 30.1 Å². The van der Waals surface area contributed by atoms with Gasteiger partial charge in [0.05, 0.1) is 18.0 Å². The Bertz CT molecular complexity index is 314. The molecular weight excluding hydrogens is 252 g/mol. The summed E-state index contributed by atoms with van der Waals surface area (Å²) in [7, 11) is 2.16. The molecule has 0 unspecified atom stereocenters. The molecular formula is C12H19BrN2. The molecule has 1 aliphatic heterocycles. The quantitative estimate of drug-likeness (QED) is 0.832. The van der Waals surface area contributed by atoms with Crippen molar-refractivity contribution in [2.45, 2.75) is 19.8 Å². The molecule has 0 bridgehead atoms. The lowest BCUT2D eigenvalue weighted by Crippen LogP contribution is -2.28. The van der Waals surface area contributed by atoms with E-state index in [4.69, 9.17) is 0 Å². The summed E-state index contributed by atoms with van der Waals surface area (Å²) in [6.07, 6.45) is 2.55. The molecule has 1 heterocycles. The number of rotatable bonds is 3. The van der Waals surface area contributed by atoms with Gasteiger partial charge in [0, 0.05) is 13.6 Å². The van der Waals surface area contributed by atoms with Gasteiger partial charge >= 0.3 is 0 Å². The van der Waals surface area contributed by atoms with Crippen LogP contribution in [0.4, 0.5) is 11.4 Å². The topological polar surface area (TPSA) is 6.48 Å². The number of hydrogen-bond donors (Lipinski definition) is 0. The van der Waals surface area contributed by atoms with Crippen LogP contribution in [-0.2, 0) is 0 Å². The Morgan fingerprint density at radius 3 is 2.53 bits per heavy atom. The van der Waals surface area contributed by atoms with Crippen molar-refractivity contribution in [2.24, 2.45) is 0 Å². The number of anilines is 2. The number of benzene rings is 1. The average molecular weight is 271 g/mol. The van der Waals surface area contributed by atoms with E-state index in [0.717, 1.165) is 6.67 Å². The summed E-state index contributed by atoms with van der Waals surface area (Å²) >= 11 is 0. The van der Waals surface area contributed by atoms with Crippen molar-refractivity contribution >= 4 is 28.4 Å². The van der Waals surface area contributed by atoms with E-state index in [1.807, 2.05) is 0 Å². The van der Waals surface area contributed by atoms with Gasteiger partial charge in [-0.25, -0.2) is 0 Å². The van der Waals surface area contributed by atoms with Crippen molar-refractivity contribution < 1.29 is 0 Å². The second-order valence-electron chi connectivity index (χ2n) is 3.95. The summed E-state index contributed by atoms with van der Waals surface area (Å²) in [6.45, 7) is 4.46. The zero-order chi connectivity index (χ0) is 9.97. The summed E-state index contributed by atoms with van der Waals surface area (Å²) in [5.74, 6) is 0. The molecule has 2 rings (SSSR count). The van der Waals surface area contributed by atoms with E-state index in [-0.39, 0.29) is 17.0 Å². The van der Waals surface area contributed by atoms with Crippen LogP contribution in [0.15, 0.2) is 24.3 Å². The van der Waals surface area contributed by atoms with Gasteiger partial charge in [-0.2, -0.15) is 0 Å². The zero-order valence-electron chi connectivity index (χ0n) is 9.44. The lowest BCUT2D eigenvalue weighted by Gasteiger charge is -2.18. The molecule has 84 valence electrons. The molecule has 2 nitrogen and oxygen atoms in total. The van der Waals surface area contributed by atoms with Crippen LogP contribution in [0.5, 0.6) is 0 Å². The van der Waals surface area contributed by atoms with Crippen LogP contribution in [0.25, 0.3) is 0 Å². The van der Waals surface area contributed by atoms with Crippen molar-refractivity contribution in [1.29, 1.82) is 0 Å². The van der Waals surface area contributed by atoms with Gasteiger partial charge in [0.25, 0.3) is 0 Å². The van der Waals surface area contributed by atoms with E-state index in [1.165, 1.54) is 30.8 Å². The second kappa shape index (κ2) is 5.40. The van der Waals surface area contributed by atoms with Crippen molar-refractivity contribution in [3.63, 3.8) is 0 Å². The number of nitrogens with zero attached hydrogens (tertiary/aromatic N) is 2. The van der Waals surface area contributed by atoms with Gasteiger partial charge < -0.3 is 9.80 Å². The number of halogens is 1.